The van der Waals surface area contributed by atoms with Crippen LogP contribution in [0, 0.1) is 10.1 Å². The van der Waals surface area contributed by atoms with Gasteiger partial charge in [0.2, 0.25) is 5.78 Å². The number of carbonyl (C=O) groups excluding carboxylic acids is 1. The fourth-order valence-corrected chi connectivity index (χ4v) is 3.83. The van der Waals surface area contributed by atoms with Gasteiger partial charge in [-0.25, -0.2) is 0 Å². The summed E-state index contributed by atoms with van der Waals surface area (Å²) in [5.74, 6) is -0.717. The lowest BCUT2D eigenvalue weighted by Crippen LogP contribution is -1.93. The van der Waals surface area contributed by atoms with Gasteiger partial charge in [0.05, 0.1) is 14.9 Å². The van der Waals surface area contributed by atoms with Gasteiger partial charge >= 0.3 is 5.82 Å². The SMILES string of the molecule is CC(=O)c1nc([N+](=O)[O-])c(Sc2c(Cl)cncc2Cl)s1. The highest BCUT2D eigenvalue weighted by Crippen LogP contribution is 2.44. The monoisotopic (exact) mass is 349 g/mol. The van der Waals surface area contributed by atoms with E-state index in [1.54, 1.807) is 0 Å². The molecular weight excluding hydrogens is 345 g/mol. The van der Waals surface area contributed by atoms with E-state index in [1.807, 2.05) is 0 Å². The lowest BCUT2D eigenvalue weighted by molar-refractivity contribution is -0.391. The van der Waals surface area contributed by atoms with E-state index in [1.165, 1.54) is 19.3 Å². The first kappa shape index (κ1) is 15.2. The zero-order valence-electron chi connectivity index (χ0n) is 9.79. The summed E-state index contributed by atoms with van der Waals surface area (Å²) in [6, 6.07) is 0. The maximum atomic E-state index is 11.3. The third-order valence-corrected chi connectivity index (χ3v) is 5.31. The number of Topliss-reactive ketones (excluding diaryl/α,β-unsaturated/α-hetero) is 1. The Morgan fingerprint density at radius 3 is 2.50 bits per heavy atom. The fraction of sp³-hybridized carbons (Fsp3) is 0.100. The van der Waals surface area contributed by atoms with Crippen molar-refractivity contribution in [2.75, 3.05) is 0 Å². The van der Waals surface area contributed by atoms with Crippen LogP contribution in [0.2, 0.25) is 10.0 Å². The molecule has 104 valence electrons. The molecule has 0 saturated carbocycles. The summed E-state index contributed by atoms with van der Waals surface area (Å²) in [7, 11) is 0. The molecule has 0 aromatic carbocycles. The van der Waals surface area contributed by atoms with E-state index in [4.69, 9.17) is 23.2 Å². The Morgan fingerprint density at radius 1 is 1.40 bits per heavy atom. The van der Waals surface area contributed by atoms with E-state index >= 15 is 0 Å². The molecule has 2 aromatic rings. The number of nitrogens with zero attached hydrogens (tertiary/aromatic N) is 3. The largest absolute Gasteiger partial charge is 0.389 e. The topological polar surface area (TPSA) is 86.0 Å². The smallest absolute Gasteiger partial charge is 0.358 e. The summed E-state index contributed by atoms with van der Waals surface area (Å²) in [6.07, 6.45) is 2.77. The second-order valence-electron chi connectivity index (χ2n) is 3.48. The van der Waals surface area contributed by atoms with Crippen LogP contribution >= 0.6 is 46.3 Å². The third kappa shape index (κ3) is 3.09. The molecule has 2 heterocycles. The van der Waals surface area contributed by atoms with Crippen molar-refractivity contribution in [2.45, 2.75) is 16.0 Å². The van der Waals surface area contributed by atoms with Crippen LogP contribution in [-0.4, -0.2) is 20.7 Å². The van der Waals surface area contributed by atoms with Gasteiger partial charge in [-0.3, -0.25) is 9.78 Å². The van der Waals surface area contributed by atoms with Crippen molar-refractivity contribution in [1.82, 2.24) is 9.97 Å². The third-order valence-electron chi connectivity index (χ3n) is 2.06. The number of rotatable bonds is 4. The van der Waals surface area contributed by atoms with Crippen molar-refractivity contribution in [3.63, 3.8) is 0 Å². The molecule has 0 atom stereocenters. The Kier molecular flexibility index (Phi) is 4.59. The fourth-order valence-electron chi connectivity index (χ4n) is 1.22. The molecule has 10 heteroatoms. The van der Waals surface area contributed by atoms with Crippen LogP contribution in [0.4, 0.5) is 5.82 Å². The first-order valence-electron chi connectivity index (χ1n) is 5.03. The highest BCUT2D eigenvalue weighted by Gasteiger charge is 2.27. The first-order valence-corrected chi connectivity index (χ1v) is 7.42. The molecule has 0 aliphatic carbocycles. The highest BCUT2D eigenvalue weighted by molar-refractivity contribution is 8.01. The number of pyridine rings is 1. The first-order chi connectivity index (χ1) is 9.40. The van der Waals surface area contributed by atoms with Gasteiger partial charge in [0.25, 0.3) is 5.01 Å². The van der Waals surface area contributed by atoms with Crippen LogP contribution in [0.25, 0.3) is 0 Å². The Hall–Kier alpha value is -1.22. The second kappa shape index (κ2) is 6.04. The van der Waals surface area contributed by atoms with Gasteiger partial charge in [-0.05, 0) is 9.91 Å². The lowest BCUT2D eigenvalue weighted by atomic mass is 10.5. The summed E-state index contributed by atoms with van der Waals surface area (Å²) in [4.78, 5) is 29.5. The quantitative estimate of drug-likeness (QED) is 0.469. The van der Waals surface area contributed by atoms with Crippen LogP contribution < -0.4 is 0 Å². The molecule has 0 saturated heterocycles. The summed E-state index contributed by atoms with van der Waals surface area (Å²) in [5, 5.41) is 11.6. The minimum atomic E-state index is -0.645. The molecule has 0 amide bonds. The minimum Gasteiger partial charge on any atom is -0.358 e. The number of ketones is 1. The molecule has 6 nitrogen and oxygen atoms in total. The summed E-state index contributed by atoms with van der Waals surface area (Å²) in [5.41, 5.74) is 0. The van der Waals surface area contributed by atoms with Crippen LogP contribution in [-0.2, 0) is 0 Å². The molecule has 0 N–H and O–H groups in total. The molecular formula is C10H5Cl2N3O3S2. The zero-order valence-corrected chi connectivity index (χ0v) is 12.9. The average molecular weight is 350 g/mol. The van der Waals surface area contributed by atoms with Crippen molar-refractivity contribution in [3.05, 3.63) is 37.6 Å². The minimum absolute atomic E-state index is 0.0699. The average Bonchev–Trinajstić information content (AvgIpc) is 2.78. The molecule has 2 aromatic heterocycles. The van der Waals surface area contributed by atoms with Crippen molar-refractivity contribution in [1.29, 1.82) is 0 Å². The Labute approximate surface area is 131 Å². The Bertz CT molecular complexity index is 685. The van der Waals surface area contributed by atoms with Crippen LogP contribution in [0.5, 0.6) is 0 Å². The van der Waals surface area contributed by atoms with E-state index in [0.717, 1.165) is 23.1 Å². The number of carbonyl (C=O) groups is 1. The molecule has 0 fully saturated rings. The molecule has 0 aliphatic rings. The van der Waals surface area contributed by atoms with Crippen molar-refractivity contribution < 1.29 is 9.72 Å². The van der Waals surface area contributed by atoms with Crippen LogP contribution in [0.15, 0.2) is 21.5 Å². The van der Waals surface area contributed by atoms with Gasteiger partial charge in [-0.1, -0.05) is 46.3 Å². The highest BCUT2D eigenvalue weighted by atomic mass is 35.5. The van der Waals surface area contributed by atoms with E-state index in [2.05, 4.69) is 9.97 Å². The summed E-state index contributed by atoms with van der Waals surface area (Å²) >= 11 is 13.8. The molecule has 0 spiro atoms. The van der Waals surface area contributed by atoms with Gasteiger partial charge in [0.1, 0.15) is 0 Å². The number of hydrogen-bond acceptors (Lipinski definition) is 7. The second-order valence-corrected chi connectivity index (χ2v) is 6.57. The van der Waals surface area contributed by atoms with Gasteiger partial charge in [-0.15, -0.1) is 0 Å². The summed E-state index contributed by atoms with van der Waals surface area (Å²) in [6.45, 7) is 1.30. The summed E-state index contributed by atoms with van der Waals surface area (Å²) < 4.78 is 0.246. The van der Waals surface area contributed by atoms with E-state index in [-0.39, 0.29) is 30.9 Å². The van der Waals surface area contributed by atoms with Gasteiger partial charge in [-0.2, -0.15) is 0 Å². The van der Waals surface area contributed by atoms with E-state index in [0.29, 0.717) is 4.90 Å². The molecule has 0 radical (unpaired) electrons. The standard InChI is InChI=1S/C10H5Cl2N3O3S2/c1-4(16)9-14-8(15(17)18)10(20-9)19-7-5(11)2-13-3-6(7)12/h2-3H,1H3. The number of thiazole rings is 1. The molecule has 20 heavy (non-hydrogen) atoms. The maximum absolute atomic E-state index is 11.3. The number of hydrogen-bond donors (Lipinski definition) is 0. The van der Waals surface area contributed by atoms with E-state index < -0.39 is 4.92 Å². The predicted octanol–water partition coefficient (Wildman–Crippen LogP) is 4.11. The van der Waals surface area contributed by atoms with Crippen molar-refractivity contribution in [3.8, 4) is 0 Å². The van der Waals surface area contributed by atoms with E-state index in [9.17, 15) is 14.9 Å². The molecule has 0 bridgehead atoms. The zero-order chi connectivity index (χ0) is 14.9. The van der Waals surface area contributed by atoms with Crippen LogP contribution in [0.1, 0.15) is 16.7 Å². The van der Waals surface area contributed by atoms with Gasteiger partial charge in [0, 0.05) is 19.3 Å². The maximum Gasteiger partial charge on any atom is 0.389 e. The lowest BCUT2D eigenvalue weighted by Gasteiger charge is -2.03. The molecule has 2 rings (SSSR count). The van der Waals surface area contributed by atoms with Crippen molar-refractivity contribution in [2.24, 2.45) is 0 Å². The van der Waals surface area contributed by atoms with Gasteiger partial charge in [0.15, 0.2) is 4.21 Å². The Balaban J connectivity index is 2.47. The van der Waals surface area contributed by atoms with Gasteiger partial charge < -0.3 is 10.1 Å². The molecule has 0 unspecified atom stereocenters. The predicted molar refractivity (Wildman–Crippen MR) is 77.2 cm³/mol. The normalized spacial score (nSPS) is 10.6. The number of aromatic nitrogens is 2. The number of halogens is 2. The number of nitro groups is 1. The Morgan fingerprint density at radius 2 is 2.00 bits per heavy atom. The molecule has 0 aliphatic heterocycles. The van der Waals surface area contributed by atoms with Crippen LogP contribution in [0.3, 0.4) is 0 Å². The van der Waals surface area contributed by atoms with Crippen molar-refractivity contribution >= 4 is 57.9 Å².